The van der Waals surface area contributed by atoms with Crippen molar-refractivity contribution in [3.05, 3.63) is 84.1 Å². The van der Waals surface area contributed by atoms with E-state index >= 15 is 0 Å². The minimum absolute atomic E-state index is 0.0310. The molecule has 0 radical (unpaired) electrons. The molecule has 1 aromatic heterocycles. The molecule has 0 spiro atoms. The Balaban J connectivity index is 2.00. The molecule has 0 aliphatic carbocycles. The Morgan fingerprint density at radius 2 is 1.68 bits per heavy atom. The summed E-state index contributed by atoms with van der Waals surface area (Å²) in [6, 6.07) is 23.6. The van der Waals surface area contributed by atoms with E-state index in [9.17, 15) is 9.90 Å². The van der Waals surface area contributed by atoms with Crippen molar-refractivity contribution in [1.82, 2.24) is 9.78 Å². The van der Waals surface area contributed by atoms with Crippen molar-refractivity contribution in [3.63, 3.8) is 0 Å². The number of fused-ring (bicyclic) bond motifs is 1. The third-order valence-electron chi connectivity index (χ3n) is 4.27. The zero-order valence-corrected chi connectivity index (χ0v) is 13.7. The van der Waals surface area contributed by atoms with E-state index in [0.717, 1.165) is 33.3 Å². The monoisotopic (exact) mass is 328 g/mol. The van der Waals surface area contributed by atoms with Gasteiger partial charge in [-0.05, 0) is 35.9 Å². The van der Waals surface area contributed by atoms with Crippen LogP contribution in [0, 0.1) is 6.92 Å². The number of aromatic nitrogens is 2. The molecule has 122 valence electrons. The Labute approximate surface area is 145 Å². The maximum atomic E-state index is 11.5. The van der Waals surface area contributed by atoms with E-state index in [0.29, 0.717) is 0 Å². The van der Waals surface area contributed by atoms with Crippen molar-refractivity contribution in [3.8, 4) is 16.9 Å². The van der Waals surface area contributed by atoms with Gasteiger partial charge in [0, 0.05) is 5.56 Å². The van der Waals surface area contributed by atoms with Gasteiger partial charge in [-0.25, -0.2) is 9.48 Å². The van der Waals surface area contributed by atoms with Gasteiger partial charge in [0.1, 0.15) is 0 Å². The topological polar surface area (TPSA) is 55.1 Å². The number of carboxylic acid groups (broad SMARTS) is 1. The molecule has 4 rings (SSSR count). The summed E-state index contributed by atoms with van der Waals surface area (Å²) in [6.45, 7) is 2.02. The summed E-state index contributed by atoms with van der Waals surface area (Å²) in [4.78, 5) is 11.5. The van der Waals surface area contributed by atoms with Crippen LogP contribution in [0.4, 0.5) is 0 Å². The van der Waals surface area contributed by atoms with E-state index in [1.165, 1.54) is 0 Å². The third-order valence-corrected chi connectivity index (χ3v) is 4.27. The molecule has 4 heteroatoms. The summed E-state index contributed by atoms with van der Waals surface area (Å²) in [5, 5.41) is 15.9. The standard InChI is InChI=1S/C21H16N2O2/c1-14-9-11-16(12-10-14)23-20(13-19(22-23)21(24)25)18-8-4-6-15-5-2-3-7-17(15)18/h2-13H,1H3,(H,24,25). The smallest absolute Gasteiger partial charge is 0.356 e. The van der Waals surface area contributed by atoms with Crippen LogP contribution in [0.15, 0.2) is 72.8 Å². The van der Waals surface area contributed by atoms with Crippen LogP contribution < -0.4 is 0 Å². The van der Waals surface area contributed by atoms with Crippen LogP contribution in [-0.4, -0.2) is 20.9 Å². The molecule has 25 heavy (non-hydrogen) atoms. The molecule has 1 N–H and O–H groups in total. The summed E-state index contributed by atoms with van der Waals surface area (Å²) in [5.41, 5.74) is 3.72. The molecule has 0 atom stereocenters. The molecule has 0 amide bonds. The number of carboxylic acids is 1. The second-order valence-corrected chi connectivity index (χ2v) is 5.99. The molecule has 0 fully saturated rings. The van der Waals surface area contributed by atoms with Crippen molar-refractivity contribution < 1.29 is 9.90 Å². The minimum Gasteiger partial charge on any atom is -0.476 e. The Kier molecular flexibility index (Phi) is 3.58. The molecule has 0 bridgehead atoms. The van der Waals surface area contributed by atoms with E-state index in [1.807, 2.05) is 73.7 Å². The molecule has 0 aliphatic heterocycles. The number of rotatable bonds is 3. The highest BCUT2D eigenvalue weighted by atomic mass is 16.4. The zero-order chi connectivity index (χ0) is 17.4. The lowest BCUT2D eigenvalue weighted by Gasteiger charge is -2.10. The highest BCUT2D eigenvalue weighted by Crippen LogP contribution is 2.31. The number of nitrogens with zero attached hydrogens (tertiary/aromatic N) is 2. The lowest BCUT2D eigenvalue weighted by atomic mass is 10.0. The fourth-order valence-corrected chi connectivity index (χ4v) is 3.01. The first-order chi connectivity index (χ1) is 12.1. The van der Waals surface area contributed by atoms with E-state index in [2.05, 4.69) is 5.10 Å². The summed E-state index contributed by atoms with van der Waals surface area (Å²) in [5.74, 6) is -1.03. The van der Waals surface area contributed by atoms with Crippen LogP contribution in [0.1, 0.15) is 16.1 Å². The van der Waals surface area contributed by atoms with Crippen LogP contribution in [0.3, 0.4) is 0 Å². The molecular weight excluding hydrogens is 312 g/mol. The van der Waals surface area contributed by atoms with Crippen molar-refractivity contribution in [1.29, 1.82) is 0 Å². The molecule has 4 aromatic rings. The van der Waals surface area contributed by atoms with Crippen molar-refractivity contribution in [2.75, 3.05) is 0 Å². The molecule has 0 unspecified atom stereocenters. The highest BCUT2D eigenvalue weighted by molar-refractivity contribution is 5.97. The Morgan fingerprint density at radius 3 is 2.44 bits per heavy atom. The predicted octanol–water partition coefficient (Wildman–Crippen LogP) is 4.70. The lowest BCUT2D eigenvalue weighted by Crippen LogP contribution is -2.02. The second kappa shape index (κ2) is 5.91. The van der Waals surface area contributed by atoms with Gasteiger partial charge in [0.05, 0.1) is 11.4 Å². The summed E-state index contributed by atoms with van der Waals surface area (Å²) < 4.78 is 1.70. The number of hydrogen-bond acceptors (Lipinski definition) is 2. The highest BCUT2D eigenvalue weighted by Gasteiger charge is 2.17. The Morgan fingerprint density at radius 1 is 0.960 bits per heavy atom. The van der Waals surface area contributed by atoms with Crippen molar-refractivity contribution in [2.24, 2.45) is 0 Å². The average molecular weight is 328 g/mol. The van der Waals surface area contributed by atoms with E-state index in [1.54, 1.807) is 10.7 Å². The largest absolute Gasteiger partial charge is 0.476 e. The lowest BCUT2D eigenvalue weighted by molar-refractivity contribution is 0.0690. The van der Waals surface area contributed by atoms with Gasteiger partial charge in [0.25, 0.3) is 0 Å². The number of aromatic carboxylic acids is 1. The van der Waals surface area contributed by atoms with E-state index in [-0.39, 0.29) is 5.69 Å². The van der Waals surface area contributed by atoms with Crippen LogP contribution in [0.5, 0.6) is 0 Å². The number of hydrogen-bond donors (Lipinski definition) is 1. The minimum atomic E-state index is -1.03. The van der Waals surface area contributed by atoms with Crippen LogP contribution in [-0.2, 0) is 0 Å². The van der Waals surface area contributed by atoms with Gasteiger partial charge in [-0.2, -0.15) is 5.10 Å². The summed E-state index contributed by atoms with van der Waals surface area (Å²) in [7, 11) is 0. The van der Waals surface area contributed by atoms with Gasteiger partial charge >= 0.3 is 5.97 Å². The average Bonchev–Trinajstić information content (AvgIpc) is 3.07. The van der Waals surface area contributed by atoms with Gasteiger partial charge in [-0.3, -0.25) is 0 Å². The quantitative estimate of drug-likeness (QED) is 0.593. The van der Waals surface area contributed by atoms with Gasteiger partial charge < -0.3 is 5.11 Å². The van der Waals surface area contributed by atoms with Crippen LogP contribution in [0.25, 0.3) is 27.7 Å². The molecule has 3 aromatic carbocycles. The fraction of sp³-hybridized carbons (Fsp3) is 0.0476. The summed E-state index contributed by atoms with van der Waals surface area (Å²) >= 11 is 0. The van der Waals surface area contributed by atoms with E-state index in [4.69, 9.17) is 0 Å². The first-order valence-corrected chi connectivity index (χ1v) is 8.02. The Hall–Kier alpha value is -3.40. The Bertz CT molecular complexity index is 1070. The second-order valence-electron chi connectivity index (χ2n) is 5.99. The maximum absolute atomic E-state index is 11.5. The molecule has 1 heterocycles. The molecule has 0 saturated heterocycles. The molecule has 4 nitrogen and oxygen atoms in total. The first-order valence-electron chi connectivity index (χ1n) is 8.02. The van der Waals surface area contributed by atoms with Gasteiger partial charge in [0.15, 0.2) is 5.69 Å². The van der Waals surface area contributed by atoms with Gasteiger partial charge in [-0.15, -0.1) is 0 Å². The number of carbonyl (C=O) groups is 1. The van der Waals surface area contributed by atoms with Crippen LogP contribution >= 0.6 is 0 Å². The third kappa shape index (κ3) is 2.68. The maximum Gasteiger partial charge on any atom is 0.356 e. The predicted molar refractivity (Wildman–Crippen MR) is 98.2 cm³/mol. The first kappa shape index (κ1) is 15.1. The number of benzene rings is 3. The van der Waals surface area contributed by atoms with Gasteiger partial charge in [0.2, 0.25) is 0 Å². The SMILES string of the molecule is Cc1ccc(-n2nc(C(=O)O)cc2-c2cccc3ccccc23)cc1. The fourth-order valence-electron chi connectivity index (χ4n) is 3.01. The van der Waals surface area contributed by atoms with Gasteiger partial charge in [-0.1, -0.05) is 60.2 Å². The normalized spacial score (nSPS) is 10.9. The van der Waals surface area contributed by atoms with Crippen LogP contribution in [0.2, 0.25) is 0 Å². The zero-order valence-electron chi connectivity index (χ0n) is 13.7. The van der Waals surface area contributed by atoms with E-state index < -0.39 is 5.97 Å². The summed E-state index contributed by atoms with van der Waals surface area (Å²) in [6.07, 6.45) is 0. The molecule has 0 aliphatic rings. The molecular formula is C21H16N2O2. The molecule has 0 saturated carbocycles. The van der Waals surface area contributed by atoms with Crippen molar-refractivity contribution in [2.45, 2.75) is 6.92 Å². The number of aryl methyl sites for hydroxylation is 1. The van der Waals surface area contributed by atoms with Crippen molar-refractivity contribution >= 4 is 16.7 Å².